The van der Waals surface area contributed by atoms with Gasteiger partial charge in [0.05, 0.1) is 16.8 Å². The summed E-state index contributed by atoms with van der Waals surface area (Å²) in [4.78, 5) is 12.7. The Morgan fingerprint density at radius 2 is 1.96 bits per heavy atom. The van der Waals surface area contributed by atoms with Crippen LogP contribution in [0.4, 0.5) is 0 Å². The quantitative estimate of drug-likeness (QED) is 0.763. The van der Waals surface area contributed by atoms with E-state index in [-0.39, 0.29) is 22.7 Å². The number of carbonyl (C=O) groups is 1. The van der Waals surface area contributed by atoms with Crippen molar-refractivity contribution in [2.24, 2.45) is 0 Å². The zero-order chi connectivity index (χ0) is 18.4. The average molecular weight is 362 g/mol. The summed E-state index contributed by atoms with van der Waals surface area (Å²) < 4.78 is 1.75. The van der Waals surface area contributed by atoms with E-state index in [1.807, 2.05) is 45.9 Å². The Bertz CT molecular complexity index is 680. The lowest BCUT2D eigenvalue weighted by molar-refractivity contribution is -0.121. The van der Waals surface area contributed by atoms with E-state index in [0.29, 0.717) is 5.16 Å². The molecule has 0 saturated heterocycles. The molecule has 1 aromatic heterocycles. The number of rotatable bonds is 7. The molecule has 25 heavy (non-hydrogen) atoms. The molecule has 7 heteroatoms. The van der Waals surface area contributed by atoms with E-state index in [1.165, 1.54) is 11.8 Å². The van der Waals surface area contributed by atoms with E-state index in [9.17, 15) is 4.79 Å². The lowest BCUT2D eigenvalue weighted by Gasteiger charge is -2.22. The number of hydrogen-bond donors (Lipinski definition) is 1. The maximum absolute atomic E-state index is 12.7. The minimum Gasteiger partial charge on any atom is -0.348 e. The largest absolute Gasteiger partial charge is 0.348 e. The Morgan fingerprint density at radius 3 is 2.56 bits per heavy atom. The van der Waals surface area contributed by atoms with Gasteiger partial charge in [-0.3, -0.25) is 4.79 Å². The molecule has 1 aromatic carbocycles. The molecule has 1 heterocycles. The Balaban J connectivity index is 2.05. The molecule has 0 spiro atoms. The van der Waals surface area contributed by atoms with Gasteiger partial charge < -0.3 is 5.32 Å². The van der Waals surface area contributed by atoms with Crippen LogP contribution in [0.25, 0.3) is 0 Å². The van der Waals surface area contributed by atoms with Gasteiger partial charge in [0.1, 0.15) is 0 Å². The van der Waals surface area contributed by atoms with Crippen LogP contribution < -0.4 is 5.32 Å². The summed E-state index contributed by atoms with van der Waals surface area (Å²) >= 11 is 1.38. The first-order valence-corrected chi connectivity index (χ1v) is 9.51. The van der Waals surface area contributed by atoms with Crippen LogP contribution >= 0.6 is 11.8 Å². The molecule has 0 fully saturated rings. The van der Waals surface area contributed by atoms with E-state index in [1.54, 1.807) is 4.68 Å². The Morgan fingerprint density at radius 1 is 1.28 bits per heavy atom. The van der Waals surface area contributed by atoms with Crippen LogP contribution in [0.3, 0.4) is 0 Å². The number of amides is 1. The zero-order valence-electron chi connectivity index (χ0n) is 15.6. The van der Waals surface area contributed by atoms with Crippen LogP contribution in [0, 0.1) is 0 Å². The first kappa shape index (κ1) is 19.4. The normalized spacial score (nSPS) is 14.1. The van der Waals surface area contributed by atoms with Gasteiger partial charge in [0, 0.05) is 0 Å². The van der Waals surface area contributed by atoms with Crippen molar-refractivity contribution in [1.29, 1.82) is 0 Å². The van der Waals surface area contributed by atoms with Gasteiger partial charge in [-0.05, 0) is 50.1 Å². The molecule has 0 aliphatic rings. The smallest absolute Gasteiger partial charge is 0.233 e. The number of thioether (sulfide) groups is 1. The maximum atomic E-state index is 12.7. The van der Waals surface area contributed by atoms with Gasteiger partial charge in [-0.25, -0.2) is 4.68 Å². The van der Waals surface area contributed by atoms with Gasteiger partial charge in [-0.2, -0.15) is 0 Å². The summed E-state index contributed by atoms with van der Waals surface area (Å²) in [7, 11) is 0. The van der Waals surface area contributed by atoms with Crippen molar-refractivity contribution in [3.05, 3.63) is 35.9 Å². The molecule has 6 nitrogen and oxygen atoms in total. The van der Waals surface area contributed by atoms with Crippen LogP contribution in [-0.2, 0) is 10.3 Å². The first-order valence-electron chi connectivity index (χ1n) is 8.63. The summed E-state index contributed by atoms with van der Waals surface area (Å²) in [5.74, 6) is -0.00392. The lowest BCUT2D eigenvalue weighted by Crippen LogP contribution is -2.35. The molecule has 0 saturated carbocycles. The van der Waals surface area contributed by atoms with Gasteiger partial charge in [-0.15, -0.1) is 5.10 Å². The van der Waals surface area contributed by atoms with Crippen LogP contribution in [0.5, 0.6) is 0 Å². The SMILES string of the molecule is CCCC(NC(=O)C(C)Sc1nnnn1C(C)(C)C)c1ccccc1. The van der Waals surface area contributed by atoms with E-state index in [4.69, 9.17) is 0 Å². The lowest BCUT2D eigenvalue weighted by atomic mass is 10.0. The van der Waals surface area contributed by atoms with Crippen LogP contribution in [0.15, 0.2) is 35.5 Å². The fourth-order valence-corrected chi connectivity index (χ4v) is 3.46. The minimum absolute atomic E-state index is 0.00392. The summed E-state index contributed by atoms with van der Waals surface area (Å²) in [5, 5.41) is 15.4. The fourth-order valence-electron chi connectivity index (χ4n) is 2.47. The predicted molar refractivity (Wildman–Crippen MR) is 100 cm³/mol. The number of nitrogens with one attached hydrogen (secondary N) is 1. The van der Waals surface area contributed by atoms with Crippen molar-refractivity contribution in [3.63, 3.8) is 0 Å². The van der Waals surface area contributed by atoms with Crippen LogP contribution in [0.2, 0.25) is 0 Å². The molecule has 0 aliphatic carbocycles. The van der Waals surface area contributed by atoms with Crippen molar-refractivity contribution in [3.8, 4) is 0 Å². The molecular formula is C18H27N5OS. The molecule has 1 N–H and O–H groups in total. The summed E-state index contributed by atoms with van der Waals surface area (Å²) in [6.45, 7) is 10.1. The second kappa shape index (κ2) is 8.47. The molecule has 2 atom stereocenters. The van der Waals surface area contributed by atoms with Crippen molar-refractivity contribution in [1.82, 2.24) is 25.5 Å². The molecule has 2 unspecified atom stereocenters. The maximum Gasteiger partial charge on any atom is 0.233 e. The first-order chi connectivity index (χ1) is 11.8. The van der Waals surface area contributed by atoms with E-state index in [0.717, 1.165) is 18.4 Å². The molecule has 1 amide bonds. The molecule has 2 rings (SSSR count). The molecule has 136 valence electrons. The third-order valence-corrected chi connectivity index (χ3v) is 4.86. The second-order valence-electron chi connectivity index (χ2n) is 7.06. The van der Waals surface area contributed by atoms with Gasteiger partial charge in [0.15, 0.2) is 0 Å². The standard InChI is InChI=1S/C18H27N5OS/c1-6-10-15(14-11-8-7-9-12-14)19-16(24)13(2)25-17-20-21-22-23(17)18(3,4)5/h7-9,11-13,15H,6,10H2,1-5H3,(H,19,24). The van der Waals surface area contributed by atoms with Crippen LogP contribution in [0.1, 0.15) is 59.1 Å². The Kier molecular flexibility index (Phi) is 6.58. The Hall–Kier alpha value is -1.89. The molecule has 0 bridgehead atoms. The van der Waals surface area contributed by atoms with Gasteiger partial charge in [0.2, 0.25) is 11.1 Å². The monoisotopic (exact) mass is 361 g/mol. The van der Waals surface area contributed by atoms with Crippen molar-refractivity contribution in [2.45, 2.75) is 69.4 Å². The number of aromatic nitrogens is 4. The van der Waals surface area contributed by atoms with E-state index in [2.05, 4.69) is 39.9 Å². The third-order valence-electron chi connectivity index (χ3n) is 3.82. The van der Waals surface area contributed by atoms with Crippen LogP contribution in [-0.4, -0.2) is 31.4 Å². The van der Waals surface area contributed by atoms with Gasteiger partial charge in [-0.1, -0.05) is 55.4 Å². The Labute approximate surface area is 153 Å². The number of tetrazole rings is 1. The highest BCUT2D eigenvalue weighted by atomic mass is 32.2. The number of nitrogens with zero attached hydrogens (tertiary/aromatic N) is 4. The second-order valence-corrected chi connectivity index (χ2v) is 8.37. The fraction of sp³-hybridized carbons (Fsp3) is 0.556. The topological polar surface area (TPSA) is 72.7 Å². The highest BCUT2D eigenvalue weighted by molar-refractivity contribution is 8.00. The molecule has 0 radical (unpaired) electrons. The van der Waals surface area contributed by atoms with E-state index >= 15 is 0 Å². The number of benzene rings is 1. The van der Waals surface area contributed by atoms with E-state index < -0.39 is 0 Å². The van der Waals surface area contributed by atoms with Crippen molar-refractivity contribution in [2.75, 3.05) is 0 Å². The van der Waals surface area contributed by atoms with Crippen molar-refractivity contribution >= 4 is 17.7 Å². The molecule has 0 aliphatic heterocycles. The number of carbonyl (C=O) groups excluding carboxylic acids is 1. The summed E-state index contributed by atoms with van der Waals surface area (Å²) in [5.41, 5.74) is 0.908. The molecular weight excluding hydrogens is 334 g/mol. The summed E-state index contributed by atoms with van der Waals surface area (Å²) in [6.07, 6.45) is 1.91. The van der Waals surface area contributed by atoms with Crippen molar-refractivity contribution < 1.29 is 4.79 Å². The minimum atomic E-state index is -0.282. The number of hydrogen-bond acceptors (Lipinski definition) is 5. The zero-order valence-corrected chi connectivity index (χ0v) is 16.4. The summed E-state index contributed by atoms with van der Waals surface area (Å²) in [6, 6.07) is 10.1. The average Bonchev–Trinajstić information content (AvgIpc) is 3.03. The molecule has 2 aromatic rings. The van der Waals surface area contributed by atoms with Gasteiger partial charge in [0.25, 0.3) is 0 Å². The van der Waals surface area contributed by atoms with Gasteiger partial charge >= 0.3 is 0 Å². The third kappa shape index (κ3) is 5.29. The highest BCUT2D eigenvalue weighted by Crippen LogP contribution is 2.26. The predicted octanol–water partition coefficient (Wildman–Crippen LogP) is 3.57. The highest BCUT2D eigenvalue weighted by Gasteiger charge is 2.25.